The van der Waals surface area contributed by atoms with Gasteiger partial charge in [0.1, 0.15) is 0 Å². The standard InChI is InChI=1S/C12H18N2O/c1-14-9-7-12(8-10-14)15-13-11-5-3-2-4-6-11/h2-6,12-13H,7-10H2,1H3. The van der Waals surface area contributed by atoms with Gasteiger partial charge in [-0.2, -0.15) is 0 Å². The number of hydrogen-bond donors (Lipinski definition) is 1. The van der Waals surface area contributed by atoms with E-state index in [-0.39, 0.29) is 0 Å². The maximum absolute atomic E-state index is 5.64. The van der Waals surface area contributed by atoms with Crippen molar-refractivity contribution in [3.63, 3.8) is 0 Å². The molecule has 0 radical (unpaired) electrons. The molecule has 0 amide bonds. The summed E-state index contributed by atoms with van der Waals surface area (Å²) in [6, 6.07) is 10.0. The molecule has 0 aromatic heterocycles. The topological polar surface area (TPSA) is 24.5 Å². The third-order valence-corrected chi connectivity index (χ3v) is 2.78. The summed E-state index contributed by atoms with van der Waals surface area (Å²) < 4.78 is 0. The second-order valence-electron chi connectivity index (χ2n) is 4.09. The normalized spacial score (nSPS) is 19.0. The van der Waals surface area contributed by atoms with E-state index < -0.39 is 0 Å². The zero-order chi connectivity index (χ0) is 10.5. The molecule has 15 heavy (non-hydrogen) atoms. The van der Waals surface area contributed by atoms with E-state index in [4.69, 9.17) is 4.84 Å². The van der Waals surface area contributed by atoms with Gasteiger partial charge in [-0.3, -0.25) is 10.3 Å². The molecular weight excluding hydrogens is 188 g/mol. The van der Waals surface area contributed by atoms with Crippen LogP contribution in [0.1, 0.15) is 12.8 Å². The van der Waals surface area contributed by atoms with Crippen molar-refractivity contribution in [3.8, 4) is 0 Å². The number of likely N-dealkylation sites (tertiary alicyclic amines) is 1. The predicted molar refractivity (Wildman–Crippen MR) is 61.7 cm³/mol. The molecule has 2 rings (SSSR count). The van der Waals surface area contributed by atoms with E-state index in [1.54, 1.807) is 0 Å². The van der Waals surface area contributed by atoms with Crippen LogP contribution in [0.3, 0.4) is 0 Å². The minimum Gasteiger partial charge on any atom is -0.306 e. The molecule has 0 atom stereocenters. The lowest BCUT2D eigenvalue weighted by Gasteiger charge is -2.28. The molecule has 1 N–H and O–H groups in total. The largest absolute Gasteiger partial charge is 0.306 e. The first-order valence-corrected chi connectivity index (χ1v) is 5.50. The fraction of sp³-hybridized carbons (Fsp3) is 0.500. The minimum atomic E-state index is 0.349. The summed E-state index contributed by atoms with van der Waals surface area (Å²) in [5.74, 6) is 0. The van der Waals surface area contributed by atoms with Gasteiger partial charge < -0.3 is 4.90 Å². The monoisotopic (exact) mass is 206 g/mol. The van der Waals surface area contributed by atoms with Crippen LogP contribution in [0.25, 0.3) is 0 Å². The van der Waals surface area contributed by atoms with Gasteiger partial charge in [-0.25, -0.2) is 0 Å². The van der Waals surface area contributed by atoms with E-state index >= 15 is 0 Å². The SMILES string of the molecule is CN1CCC(ONc2ccccc2)CC1. The number of rotatable bonds is 3. The van der Waals surface area contributed by atoms with Crippen molar-refractivity contribution >= 4 is 5.69 Å². The molecule has 1 aliphatic rings. The Morgan fingerprint density at radius 2 is 1.87 bits per heavy atom. The highest BCUT2D eigenvalue weighted by Gasteiger charge is 2.17. The van der Waals surface area contributed by atoms with E-state index in [0.717, 1.165) is 31.6 Å². The van der Waals surface area contributed by atoms with Crippen LogP contribution in [-0.4, -0.2) is 31.1 Å². The molecule has 1 heterocycles. The van der Waals surface area contributed by atoms with Gasteiger partial charge in [-0.15, -0.1) is 0 Å². The third kappa shape index (κ3) is 3.22. The fourth-order valence-corrected chi connectivity index (χ4v) is 1.76. The maximum Gasteiger partial charge on any atom is 0.0878 e. The molecule has 0 spiro atoms. The molecule has 0 bridgehead atoms. The highest BCUT2D eigenvalue weighted by Crippen LogP contribution is 2.13. The fourth-order valence-electron chi connectivity index (χ4n) is 1.76. The average molecular weight is 206 g/mol. The van der Waals surface area contributed by atoms with Gasteiger partial charge in [-0.05, 0) is 32.0 Å². The van der Waals surface area contributed by atoms with Gasteiger partial charge in [0.05, 0.1) is 11.8 Å². The van der Waals surface area contributed by atoms with E-state index in [1.165, 1.54) is 0 Å². The van der Waals surface area contributed by atoms with Crippen LogP contribution in [0, 0.1) is 0 Å². The number of hydrogen-bond acceptors (Lipinski definition) is 3. The Morgan fingerprint density at radius 3 is 2.53 bits per heavy atom. The van der Waals surface area contributed by atoms with Crippen LogP contribution < -0.4 is 5.48 Å². The van der Waals surface area contributed by atoms with Crippen molar-refractivity contribution in [1.82, 2.24) is 4.90 Å². The molecule has 82 valence electrons. The van der Waals surface area contributed by atoms with E-state index in [2.05, 4.69) is 17.4 Å². The van der Waals surface area contributed by atoms with Crippen molar-refractivity contribution in [3.05, 3.63) is 30.3 Å². The van der Waals surface area contributed by atoms with Gasteiger partial charge in [-0.1, -0.05) is 18.2 Å². The van der Waals surface area contributed by atoms with Gasteiger partial charge in [0.25, 0.3) is 0 Å². The van der Waals surface area contributed by atoms with Gasteiger partial charge in [0.15, 0.2) is 0 Å². The molecular formula is C12H18N2O. The van der Waals surface area contributed by atoms with Crippen LogP contribution in [0.15, 0.2) is 30.3 Å². The second-order valence-corrected chi connectivity index (χ2v) is 4.09. The highest BCUT2D eigenvalue weighted by atomic mass is 16.7. The minimum absolute atomic E-state index is 0.349. The van der Waals surface area contributed by atoms with Gasteiger partial charge >= 0.3 is 0 Å². The third-order valence-electron chi connectivity index (χ3n) is 2.78. The lowest BCUT2D eigenvalue weighted by molar-refractivity contribution is 0.0465. The van der Waals surface area contributed by atoms with E-state index in [0.29, 0.717) is 6.10 Å². The molecule has 1 fully saturated rings. The molecule has 1 aliphatic heterocycles. The lowest BCUT2D eigenvalue weighted by atomic mass is 10.1. The van der Waals surface area contributed by atoms with Gasteiger partial charge in [0.2, 0.25) is 0 Å². The number of piperidine rings is 1. The number of nitrogens with one attached hydrogen (secondary N) is 1. The summed E-state index contributed by atoms with van der Waals surface area (Å²) in [4.78, 5) is 7.98. The average Bonchev–Trinajstić information content (AvgIpc) is 2.30. The summed E-state index contributed by atoms with van der Waals surface area (Å²) in [5.41, 5.74) is 4.04. The smallest absolute Gasteiger partial charge is 0.0878 e. The van der Waals surface area contributed by atoms with Crippen LogP contribution in [-0.2, 0) is 4.84 Å². The highest BCUT2D eigenvalue weighted by molar-refractivity contribution is 5.40. The first-order chi connectivity index (χ1) is 7.34. The summed E-state index contributed by atoms with van der Waals surface area (Å²) in [7, 11) is 2.15. The summed E-state index contributed by atoms with van der Waals surface area (Å²) in [6.07, 6.45) is 2.56. The lowest BCUT2D eigenvalue weighted by Crippen LogP contribution is -2.35. The second kappa shape index (κ2) is 5.14. The molecule has 3 nitrogen and oxygen atoms in total. The van der Waals surface area contributed by atoms with Crippen LogP contribution in [0.2, 0.25) is 0 Å². The predicted octanol–water partition coefficient (Wildman–Crippen LogP) is 2.12. The molecule has 1 aromatic carbocycles. The number of para-hydroxylation sites is 1. The first-order valence-electron chi connectivity index (χ1n) is 5.50. The maximum atomic E-state index is 5.64. The van der Waals surface area contributed by atoms with E-state index in [1.807, 2.05) is 30.3 Å². The Hall–Kier alpha value is -1.06. The van der Waals surface area contributed by atoms with Crippen LogP contribution >= 0.6 is 0 Å². The van der Waals surface area contributed by atoms with Crippen molar-refractivity contribution in [2.45, 2.75) is 18.9 Å². The molecule has 1 saturated heterocycles. The van der Waals surface area contributed by atoms with Crippen molar-refractivity contribution in [2.24, 2.45) is 0 Å². The number of nitrogens with zero attached hydrogens (tertiary/aromatic N) is 1. The number of benzene rings is 1. The first kappa shape index (κ1) is 10.5. The van der Waals surface area contributed by atoms with Crippen LogP contribution in [0.5, 0.6) is 0 Å². The number of anilines is 1. The van der Waals surface area contributed by atoms with Gasteiger partial charge in [0, 0.05) is 13.1 Å². The van der Waals surface area contributed by atoms with Crippen molar-refractivity contribution in [1.29, 1.82) is 0 Å². The summed E-state index contributed by atoms with van der Waals surface area (Å²) in [5, 5.41) is 0. The Morgan fingerprint density at radius 1 is 1.20 bits per heavy atom. The Bertz CT molecular complexity index is 281. The molecule has 0 aliphatic carbocycles. The zero-order valence-electron chi connectivity index (χ0n) is 9.15. The van der Waals surface area contributed by atoms with Crippen molar-refractivity contribution < 1.29 is 4.84 Å². The molecule has 0 saturated carbocycles. The Labute approximate surface area is 91.0 Å². The Balaban J connectivity index is 1.74. The Kier molecular flexibility index (Phi) is 3.59. The zero-order valence-corrected chi connectivity index (χ0v) is 9.15. The quantitative estimate of drug-likeness (QED) is 0.767. The molecule has 3 heteroatoms. The summed E-state index contributed by atoms with van der Waals surface area (Å²) >= 11 is 0. The molecule has 0 unspecified atom stereocenters. The van der Waals surface area contributed by atoms with Crippen LogP contribution in [0.4, 0.5) is 5.69 Å². The van der Waals surface area contributed by atoms with Crippen molar-refractivity contribution in [2.75, 3.05) is 25.6 Å². The molecule has 1 aromatic rings. The summed E-state index contributed by atoms with van der Waals surface area (Å²) in [6.45, 7) is 2.25. The van der Waals surface area contributed by atoms with E-state index in [9.17, 15) is 0 Å².